The molecule has 2 N–H and O–H groups in total. The van der Waals surface area contributed by atoms with Crippen LogP contribution in [0.2, 0.25) is 0 Å². The number of carbonyl (C=O) groups excluding carboxylic acids is 1. The molecular weight excluding hydrogens is 248 g/mol. The molecule has 0 radical (unpaired) electrons. The number of anilines is 1. The van der Waals surface area contributed by atoms with E-state index in [1.54, 1.807) is 0 Å². The number of rotatable bonds is 7. The van der Waals surface area contributed by atoms with E-state index >= 15 is 0 Å². The fraction of sp³-hybridized carbons (Fsp3) is 0.588. The Hall–Kier alpha value is -1.51. The SMILES string of the molecule is CCCNc1ccc(C)cc1C(=O)NC1CC1CCC. The summed E-state index contributed by atoms with van der Waals surface area (Å²) in [4.78, 5) is 12.4. The van der Waals surface area contributed by atoms with Crippen molar-refractivity contribution in [2.75, 3.05) is 11.9 Å². The molecule has 0 aliphatic heterocycles. The molecular formula is C17H26N2O. The van der Waals surface area contributed by atoms with Crippen molar-refractivity contribution in [2.45, 2.75) is 52.5 Å². The summed E-state index contributed by atoms with van der Waals surface area (Å²) in [6.07, 6.45) is 4.61. The van der Waals surface area contributed by atoms with Crippen molar-refractivity contribution in [3.8, 4) is 0 Å². The Morgan fingerprint density at radius 1 is 1.30 bits per heavy atom. The fourth-order valence-corrected chi connectivity index (χ4v) is 2.62. The van der Waals surface area contributed by atoms with E-state index in [4.69, 9.17) is 0 Å². The molecule has 1 saturated carbocycles. The van der Waals surface area contributed by atoms with Crippen LogP contribution < -0.4 is 10.6 Å². The summed E-state index contributed by atoms with van der Waals surface area (Å²) in [7, 11) is 0. The monoisotopic (exact) mass is 274 g/mol. The van der Waals surface area contributed by atoms with Gasteiger partial charge in [0.2, 0.25) is 0 Å². The van der Waals surface area contributed by atoms with E-state index in [-0.39, 0.29) is 5.91 Å². The predicted octanol–water partition coefficient (Wildman–Crippen LogP) is 3.74. The van der Waals surface area contributed by atoms with E-state index < -0.39 is 0 Å². The second-order valence-electron chi connectivity index (χ2n) is 5.84. The normalized spacial score (nSPS) is 20.6. The molecule has 2 rings (SSSR count). The Bertz CT molecular complexity index is 470. The summed E-state index contributed by atoms with van der Waals surface area (Å²) in [6, 6.07) is 6.43. The highest BCUT2D eigenvalue weighted by molar-refractivity contribution is 6.00. The van der Waals surface area contributed by atoms with Crippen LogP contribution in [-0.2, 0) is 0 Å². The van der Waals surface area contributed by atoms with Crippen LogP contribution in [0.4, 0.5) is 5.69 Å². The molecule has 0 saturated heterocycles. The standard InChI is InChI=1S/C17H26N2O/c1-4-6-13-11-16(13)19-17(20)14-10-12(3)7-8-15(14)18-9-5-2/h7-8,10,13,16,18H,4-6,9,11H2,1-3H3,(H,19,20). The molecule has 0 bridgehead atoms. The van der Waals surface area contributed by atoms with Gasteiger partial charge in [0.15, 0.2) is 0 Å². The Labute approximate surface area is 122 Å². The Morgan fingerprint density at radius 2 is 2.10 bits per heavy atom. The Morgan fingerprint density at radius 3 is 2.80 bits per heavy atom. The maximum atomic E-state index is 12.4. The Kier molecular flexibility index (Phi) is 5.05. The fourth-order valence-electron chi connectivity index (χ4n) is 2.62. The minimum atomic E-state index is 0.0657. The number of amides is 1. The molecule has 110 valence electrons. The number of nitrogens with one attached hydrogen (secondary N) is 2. The summed E-state index contributed by atoms with van der Waals surface area (Å²) in [6.45, 7) is 7.24. The molecule has 3 nitrogen and oxygen atoms in total. The number of benzene rings is 1. The van der Waals surface area contributed by atoms with Crippen molar-refractivity contribution in [3.05, 3.63) is 29.3 Å². The number of aryl methyl sites for hydroxylation is 1. The van der Waals surface area contributed by atoms with Gasteiger partial charge in [-0.1, -0.05) is 31.9 Å². The highest BCUT2D eigenvalue weighted by Crippen LogP contribution is 2.35. The first-order valence-corrected chi connectivity index (χ1v) is 7.81. The summed E-state index contributed by atoms with van der Waals surface area (Å²) >= 11 is 0. The van der Waals surface area contributed by atoms with E-state index in [1.807, 2.05) is 25.1 Å². The average Bonchev–Trinajstić information content (AvgIpc) is 3.15. The third-order valence-electron chi connectivity index (χ3n) is 3.88. The molecule has 0 spiro atoms. The first-order valence-electron chi connectivity index (χ1n) is 7.81. The third kappa shape index (κ3) is 3.75. The van der Waals surface area contributed by atoms with Gasteiger partial charge in [-0.2, -0.15) is 0 Å². The van der Waals surface area contributed by atoms with Crippen LogP contribution in [-0.4, -0.2) is 18.5 Å². The van der Waals surface area contributed by atoms with E-state index in [1.165, 1.54) is 12.8 Å². The zero-order valence-corrected chi connectivity index (χ0v) is 12.8. The van der Waals surface area contributed by atoms with Crippen molar-refractivity contribution in [3.63, 3.8) is 0 Å². The van der Waals surface area contributed by atoms with Gasteiger partial charge in [-0.05, 0) is 44.2 Å². The molecule has 1 aromatic rings. The molecule has 20 heavy (non-hydrogen) atoms. The molecule has 2 atom stereocenters. The summed E-state index contributed by atoms with van der Waals surface area (Å²) in [5.41, 5.74) is 2.85. The van der Waals surface area contributed by atoms with E-state index in [9.17, 15) is 4.79 Å². The smallest absolute Gasteiger partial charge is 0.253 e. The molecule has 2 unspecified atom stereocenters. The quantitative estimate of drug-likeness (QED) is 0.795. The van der Waals surface area contributed by atoms with Crippen LogP contribution >= 0.6 is 0 Å². The van der Waals surface area contributed by atoms with E-state index in [0.717, 1.165) is 36.2 Å². The lowest BCUT2D eigenvalue weighted by Gasteiger charge is -2.12. The molecule has 1 aliphatic carbocycles. The largest absolute Gasteiger partial charge is 0.384 e. The first kappa shape index (κ1) is 14.9. The lowest BCUT2D eigenvalue weighted by molar-refractivity contribution is 0.0949. The van der Waals surface area contributed by atoms with Crippen molar-refractivity contribution >= 4 is 11.6 Å². The Balaban J connectivity index is 2.02. The molecule has 3 heteroatoms. The average molecular weight is 274 g/mol. The molecule has 1 aromatic carbocycles. The van der Waals surface area contributed by atoms with Gasteiger partial charge in [0.05, 0.1) is 5.56 Å². The highest BCUT2D eigenvalue weighted by atomic mass is 16.1. The van der Waals surface area contributed by atoms with Crippen LogP contribution in [0.3, 0.4) is 0 Å². The maximum Gasteiger partial charge on any atom is 0.253 e. The van der Waals surface area contributed by atoms with Crippen LogP contribution in [0.5, 0.6) is 0 Å². The number of hydrogen-bond donors (Lipinski definition) is 2. The van der Waals surface area contributed by atoms with Crippen molar-refractivity contribution in [1.29, 1.82) is 0 Å². The van der Waals surface area contributed by atoms with Crippen LogP contribution in [0.25, 0.3) is 0 Å². The van der Waals surface area contributed by atoms with Gasteiger partial charge in [-0.3, -0.25) is 4.79 Å². The summed E-state index contributed by atoms with van der Waals surface area (Å²) < 4.78 is 0. The molecule has 0 heterocycles. The highest BCUT2D eigenvalue weighted by Gasteiger charge is 2.37. The van der Waals surface area contributed by atoms with Gasteiger partial charge in [-0.15, -0.1) is 0 Å². The topological polar surface area (TPSA) is 41.1 Å². The minimum Gasteiger partial charge on any atom is -0.384 e. The van der Waals surface area contributed by atoms with Gasteiger partial charge in [-0.25, -0.2) is 0 Å². The molecule has 1 fully saturated rings. The summed E-state index contributed by atoms with van der Waals surface area (Å²) in [5.74, 6) is 0.761. The number of hydrogen-bond acceptors (Lipinski definition) is 2. The zero-order chi connectivity index (χ0) is 14.5. The van der Waals surface area contributed by atoms with Gasteiger partial charge in [0, 0.05) is 18.3 Å². The molecule has 0 aromatic heterocycles. The lowest BCUT2D eigenvalue weighted by Crippen LogP contribution is -2.27. The zero-order valence-electron chi connectivity index (χ0n) is 12.8. The van der Waals surface area contributed by atoms with Crippen LogP contribution in [0, 0.1) is 12.8 Å². The summed E-state index contributed by atoms with van der Waals surface area (Å²) in [5, 5.41) is 6.51. The van der Waals surface area contributed by atoms with Gasteiger partial charge in [0.25, 0.3) is 5.91 Å². The lowest BCUT2D eigenvalue weighted by atomic mass is 10.1. The maximum absolute atomic E-state index is 12.4. The van der Waals surface area contributed by atoms with E-state index in [0.29, 0.717) is 12.0 Å². The van der Waals surface area contributed by atoms with Crippen LogP contribution in [0.1, 0.15) is 55.5 Å². The second kappa shape index (κ2) is 6.78. The predicted molar refractivity (Wildman–Crippen MR) is 84.2 cm³/mol. The van der Waals surface area contributed by atoms with Crippen molar-refractivity contribution < 1.29 is 4.79 Å². The van der Waals surface area contributed by atoms with Gasteiger partial charge >= 0.3 is 0 Å². The van der Waals surface area contributed by atoms with Crippen LogP contribution in [0.15, 0.2) is 18.2 Å². The van der Waals surface area contributed by atoms with Crippen molar-refractivity contribution in [1.82, 2.24) is 5.32 Å². The second-order valence-corrected chi connectivity index (χ2v) is 5.84. The minimum absolute atomic E-state index is 0.0657. The molecule has 1 amide bonds. The van der Waals surface area contributed by atoms with E-state index in [2.05, 4.69) is 24.5 Å². The third-order valence-corrected chi connectivity index (χ3v) is 3.88. The van der Waals surface area contributed by atoms with Crippen molar-refractivity contribution in [2.24, 2.45) is 5.92 Å². The first-order chi connectivity index (χ1) is 9.65. The number of carbonyl (C=O) groups is 1. The molecule has 1 aliphatic rings. The van der Waals surface area contributed by atoms with Gasteiger partial charge in [0.1, 0.15) is 0 Å². The van der Waals surface area contributed by atoms with Gasteiger partial charge < -0.3 is 10.6 Å².